The highest BCUT2D eigenvalue weighted by Gasteiger charge is 2.21. The molecule has 0 bridgehead atoms. The van der Waals surface area contributed by atoms with Crippen molar-refractivity contribution in [2.75, 3.05) is 6.54 Å². The number of nitrogens with one attached hydrogen (secondary N) is 1. The second-order valence-corrected chi connectivity index (χ2v) is 4.27. The van der Waals surface area contributed by atoms with Gasteiger partial charge in [-0.15, -0.1) is 0 Å². The Kier molecular flexibility index (Phi) is 2.57. The van der Waals surface area contributed by atoms with Gasteiger partial charge < -0.3 is 14.8 Å². The summed E-state index contributed by atoms with van der Waals surface area (Å²) < 4.78 is 5.50. The van der Waals surface area contributed by atoms with Gasteiger partial charge in [-0.25, -0.2) is 4.98 Å². The van der Waals surface area contributed by atoms with Gasteiger partial charge in [0.15, 0.2) is 0 Å². The van der Waals surface area contributed by atoms with Crippen LogP contribution in [0.5, 0.6) is 5.75 Å². The Labute approximate surface area is 99.3 Å². The van der Waals surface area contributed by atoms with Crippen molar-refractivity contribution in [3.05, 3.63) is 36.4 Å². The van der Waals surface area contributed by atoms with Gasteiger partial charge >= 0.3 is 0 Å². The van der Waals surface area contributed by atoms with Gasteiger partial charge in [0.05, 0.1) is 6.04 Å². The molecule has 2 heterocycles. The summed E-state index contributed by atoms with van der Waals surface area (Å²) in [4.78, 5) is 4.48. The SMILES string of the molecule is Oc1ccc(-c2coc(C3CCCN3)n2)cc1. The van der Waals surface area contributed by atoms with Crippen LogP contribution in [-0.2, 0) is 0 Å². The van der Waals surface area contributed by atoms with Crippen molar-refractivity contribution >= 4 is 0 Å². The quantitative estimate of drug-likeness (QED) is 0.832. The molecule has 17 heavy (non-hydrogen) atoms. The van der Waals surface area contributed by atoms with E-state index in [0.29, 0.717) is 0 Å². The average molecular weight is 230 g/mol. The van der Waals surface area contributed by atoms with Crippen molar-refractivity contribution in [3.63, 3.8) is 0 Å². The molecule has 0 saturated carbocycles. The highest BCUT2D eigenvalue weighted by molar-refractivity contribution is 5.58. The maximum absolute atomic E-state index is 9.23. The summed E-state index contributed by atoms with van der Waals surface area (Å²) in [5, 5.41) is 12.6. The van der Waals surface area contributed by atoms with Crippen molar-refractivity contribution < 1.29 is 9.52 Å². The Morgan fingerprint density at radius 2 is 2.12 bits per heavy atom. The Balaban J connectivity index is 1.86. The lowest BCUT2D eigenvalue weighted by atomic mass is 10.1. The van der Waals surface area contributed by atoms with Gasteiger partial charge in [-0.2, -0.15) is 0 Å². The summed E-state index contributed by atoms with van der Waals surface area (Å²) in [6, 6.07) is 7.22. The van der Waals surface area contributed by atoms with Gasteiger partial charge in [0.1, 0.15) is 17.7 Å². The van der Waals surface area contributed by atoms with E-state index in [1.165, 1.54) is 6.42 Å². The third-order valence-electron chi connectivity index (χ3n) is 3.04. The molecule has 1 aliphatic heterocycles. The number of aromatic nitrogens is 1. The van der Waals surface area contributed by atoms with Crippen LogP contribution >= 0.6 is 0 Å². The lowest BCUT2D eigenvalue weighted by Crippen LogP contribution is -2.12. The molecule has 0 spiro atoms. The molecular weight excluding hydrogens is 216 g/mol. The van der Waals surface area contributed by atoms with Crippen LogP contribution in [0, 0.1) is 0 Å². The molecule has 1 aromatic heterocycles. The van der Waals surface area contributed by atoms with E-state index >= 15 is 0 Å². The number of aromatic hydroxyl groups is 1. The Hall–Kier alpha value is -1.81. The Morgan fingerprint density at radius 1 is 1.29 bits per heavy atom. The second kappa shape index (κ2) is 4.22. The summed E-state index contributed by atoms with van der Waals surface area (Å²) in [5.41, 5.74) is 1.77. The minimum absolute atomic E-state index is 0.251. The first-order chi connectivity index (χ1) is 8.33. The van der Waals surface area contributed by atoms with Gasteiger partial charge in [-0.1, -0.05) is 0 Å². The molecule has 1 saturated heterocycles. The van der Waals surface area contributed by atoms with Gasteiger partial charge in [0.2, 0.25) is 5.89 Å². The highest BCUT2D eigenvalue weighted by atomic mass is 16.3. The van der Waals surface area contributed by atoms with Crippen LogP contribution in [0.25, 0.3) is 11.3 Å². The molecule has 0 aliphatic carbocycles. The minimum atomic E-state index is 0.251. The first-order valence-corrected chi connectivity index (χ1v) is 5.81. The number of oxazole rings is 1. The van der Waals surface area contributed by atoms with Crippen LogP contribution in [0.4, 0.5) is 0 Å². The number of phenolic OH excluding ortho intramolecular Hbond substituents is 1. The number of hydrogen-bond acceptors (Lipinski definition) is 4. The van der Waals surface area contributed by atoms with Gasteiger partial charge in [-0.05, 0) is 43.7 Å². The van der Waals surface area contributed by atoms with E-state index in [9.17, 15) is 5.11 Å². The zero-order chi connectivity index (χ0) is 11.7. The molecule has 1 atom stereocenters. The summed E-state index contributed by atoms with van der Waals surface area (Å²) >= 11 is 0. The van der Waals surface area contributed by atoms with Crippen molar-refractivity contribution in [3.8, 4) is 17.0 Å². The van der Waals surface area contributed by atoms with E-state index in [4.69, 9.17) is 4.42 Å². The van der Waals surface area contributed by atoms with E-state index in [2.05, 4.69) is 10.3 Å². The number of benzene rings is 1. The fraction of sp³-hybridized carbons (Fsp3) is 0.308. The van der Waals surface area contributed by atoms with Crippen molar-refractivity contribution in [1.82, 2.24) is 10.3 Å². The number of nitrogens with zero attached hydrogens (tertiary/aromatic N) is 1. The van der Waals surface area contributed by atoms with Crippen LogP contribution in [0.3, 0.4) is 0 Å². The van der Waals surface area contributed by atoms with Crippen LogP contribution in [-0.4, -0.2) is 16.6 Å². The lowest BCUT2D eigenvalue weighted by Gasteiger charge is -2.02. The molecule has 4 heteroatoms. The molecule has 1 aromatic carbocycles. The van der Waals surface area contributed by atoms with Crippen LogP contribution in [0.15, 0.2) is 34.9 Å². The topological polar surface area (TPSA) is 58.3 Å². The van der Waals surface area contributed by atoms with Crippen molar-refractivity contribution in [1.29, 1.82) is 0 Å². The smallest absolute Gasteiger partial charge is 0.211 e. The molecule has 3 rings (SSSR count). The highest BCUT2D eigenvalue weighted by Crippen LogP contribution is 2.26. The predicted molar refractivity (Wildman–Crippen MR) is 63.6 cm³/mol. The van der Waals surface area contributed by atoms with Crippen LogP contribution < -0.4 is 5.32 Å². The monoisotopic (exact) mass is 230 g/mol. The van der Waals surface area contributed by atoms with E-state index in [0.717, 1.165) is 30.1 Å². The minimum Gasteiger partial charge on any atom is -0.508 e. The third-order valence-corrected chi connectivity index (χ3v) is 3.04. The van der Waals surface area contributed by atoms with Crippen molar-refractivity contribution in [2.45, 2.75) is 18.9 Å². The van der Waals surface area contributed by atoms with E-state index in [-0.39, 0.29) is 11.8 Å². The molecule has 1 aliphatic rings. The molecule has 0 amide bonds. The summed E-state index contributed by atoms with van der Waals surface area (Å²) in [6.07, 6.45) is 3.92. The zero-order valence-electron chi connectivity index (χ0n) is 9.39. The normalized spacial score (nSPS) is 19.6. The number of rotatable bonds is 2. The summed E-state index contributed by atoms with van der Waals surface area (Å²) in [6.45, 7) is 1.03. The Bertz CT molecular complexity index is 498. The van der Waals surface area contributed by atoms with Gasteiger partial charge in [0, 0.05) is 5.56 Å². The first kappa shape index (κ1) is 10.4. The Morgan fingerprint density at radius 3 is 2.82 bits per heavy atom. The maximum atomic E-state index is 9.23. The fourth-order valence-electron chi connectivity index (χ4n) is 2.11. The molecule has 1 unspecified atom stereocenters. The van der Waals surface area contributed by atoms with E-state index < -0.39 is 0 Å². The number of phenols is 1. The summed E-state index contributed by atoms with van der Waals surface area (Å²) in [5.74, 6) is 1.01. The molecule has 2 aromatic rings. The third kappa shape index (κ3) is 2.03. The molecule has 2 N–H and O–H groups in total. The predicted octanol–water partition coefficient (Wildman–Crippen LogP) is 2.47. The number of hydrogen-bond donors (Lipinski definition) is 2. The first-order valence-electron chi connectivity index (χ1n) is 5.81. The summed E-state index contributed by atoms with van der Waals surface area (Å²) in [7, 11) is 0. The molecular formula is C13H14N2O2. The van der Waals surface area contributed by atoms with Crippen molar-refractivity contribution in [2.24, 2.45) is 0 Å². The van der Waals surface area contributed by atoms with Crippen LogP contribution in [0.2, 0.25) is 0 Å². The van der Waals surface area contributed by atoms with E-state index in [1.807, 2.05) is 12.1 Å². The molecule has 88 valence electrons. The van der Waals surface area contributed by atoms with Gasteiger partial charge in [0.25, 0.3) is 0 Å². The van der Waals surface area contributed by atoms with Gasteiger partial charge in [-0.3, -0.25) is 0 Å². The second-order valence-electron chi connectivity index (χ2n) is 4.27. The zero-order valence-corrected chi connectivity index (χ0v) is 9.39. The standard InChI is InChI=1S/C13H14N2O2/c16-10-5-3-9(4-6-10)12-8-17-13(15-12)11-2-1-7-14-11/h3-6,8,11,14,16H,1-2,7H2. The van der Waals surface area contributed by atoms with E-state index in [1.54, 1.807) is 18.4 Å². The fourth-order valence-corrected chi connectivity index (χ4v) is 2.11. The maximum Gasteiger partial charge on any atom is 0.211 e. The molecule has 0 radical (unpaired) electrons. The van der Waals surface area contributed by atoms with Crippen LogP contribution in [0.1, 0.15) is 24.8 Å². The molecule has 1 fully saturated rings. The lowest BCUT2D eigenvalue weighted by molar-refractivity contribution is 0.429. The molecule has 4 nitrogen and oxygen atoms in total. The largest absolute Gasteiger partial charge is 0.508 e. The average Bonchev–Trinajstić information content (AvgIpc) is 3.00.